The Morgan fingerprint density at radius 3 is 1.41 bits per heavy atom. The molecular formula is C42H70N2O5-2. The zero-order valence-corrected chi connectivity index (χ0v) is 34.2. The Kier molecular flexibility index (Phi) is 11.1. The van der Waals surface area contributed by atoms with Crippen LogP contribution in [0.5, 0.6) is 5.75 Å². The van der Waals surface area contributed by atoms with Crippen LogP contribution in [0.25, 0.3) is 0 Å². The first-order valence-electron chi connectivity index (χ1n) is 18.6. The number of hydrogen-bond donors (Lipinski definition) is 1. The molecule has 49 heavy (non-hydrogen) atoms. The topological polar surface area (TPSA) is 107 Å². The number of carboxylic acids is 2. The van der Waals surface area contributed by atoms with E-state index in [1.165, 1.54) is 0 Å². The van der Waals surface area contributed by atoms with Gasteiger partial charge in [-0.2, -0.15) is 0 Å². The van der Waals surface area contributed by atoms with Gasteiger partial charge in [0.15, 0.2) is 0 Å². The summed E-state index contributed by atoms with van der Waals surface area (Å²) in [5.41, 5.74) is -0.669. The highest BCUT2D eigenvalue weighted by atomic mass is 16.4. The zero-order valence-electron chi connectivity index (χ0n) is 34.2. The highest BCUT2D eigenvalue weighted by Crippen LogP contribution is 2.60. The van der Waals surface area contributed by atoms with Crippen LogP contribution < -0.4 is 10.2 Å². The van der Waals surface area contributed by atoms with Crippen molar-refractivity contribution in [3.63, 3.8) is 0 Å². The SMILES string of the molecule is CCC(C1CC(C)(C)N(C)C(C)(C)C1)C(Cc1cc(C(C)(C)C)c(O)c(C(C)(C)C)c1)(C1CC(C)(C)N(C)C(C)(C)C1)C(C(=O)[O-])C(=O)[O-]. The van der Waals surface area contributed by atoms with Crippen LogP contribution in [0.2, 0.25) is 0 Å². The lowest BCUT2D eigenvalue weighted by Gasteiger charge is -2.64. The third-order valence-electron chi connectivity index (χ3n) is 13.4. The van der Waals surface area contributed by atoms with Gasteiger partial charge in [-0.05, 0) is 152 Å². The van der Waals surface area contributed by atoms with Gasteiger partial charge >= 0.3 is 0 Å². The van der Waals surface area contributed by atoms with Crippen molar-refractivity contribution >= 4 is 11.9 Å². The second-order valence-corrected chi connectivity index (χ2v) is 20.6. The fourth-order valence-corrected chi connectivity index (χ4v) is 10.6. The molecule has 0 aliphatic carbocycles. The molecule has 0 saturated carbocycles. The fourth-order valence-electron chi connectivity index (χ4n) is 10.6. The van der Waals surface area contributed by atoms with E-state index in [1.54, 1.807) is 0 Å². The molecule has 7 nitrogen and oxygen atoms in total. The molecule has 0 amide bonds. The van der Waals surface area contributed by atoms with Crippen molar-refractivity contribution in [1.82, 2.24) is 9.80 Å². The highest BCUT2D eigenvalue weighted by molar-refractivity contribution is 5.92. The average Bonchev–Trinajstić information content (AvgIpc) is 2.89. The number of carbonyl (C=O) groups is 2. The van der Waals surface area contributed by atoms with Crippen LogP contribution in [0.1, 0.15) is 153 Å². The van der Waals surface area contributed by atoms with Crippen molar-refractivity contribution in [2.75, 3.05) is 14.1 Å². The van der Waals surface area contributed by atoms with Gasteiger partial charge in [-0.15, -0.1) is 0 Å². The second-order valence-electron chi connectivity index (χ2n) is 20.6. The minimum atomic E-state index is -1.83. The summed E-state index contributed by atoms with van der Waals surface area (Å²) in [6, 6.07) is 4.03. The lowest BCUT2D eigenvalue weighted by molar-refractivity contribution is -0.342. The van der Waals surface area contributed by atoms with Crippen molar-refractivity contribution in [1.29, 1.82) is 0 Å². The first kappa shape index (κ1) is 41.3. The summed E-state index contributed by atoms with van der Waals surface area (Å²) in [5, 5.41) is 38.7. The zero-order chi connectivity index (χ0) is 38.1. The van der Waals surface area contributed by atoms with Gasteiger partial charge in [0.05, 0.1) is 11.9 Å². The van der Waals surface area contributed by atoms with Crippen molar-refractivity contribution in [2.45, 2.75) is 175 Å². The highest BCUT2D eigenvalue weighted by Gasteiger charge is 2.60. The predicted octanol–water partition coefficient (Wildman–Crippen LogP) is 6.46. The first-order valence-corrected chi connectivity index (χ1v) is 18.6. The standard InChI is InChI=1S/C42H72N2O5/c1-18-29(27-22-38(8,9)43(16)39(10,11)23-27)42(32(34(46)47)35(48)49,28-24-40(12,13)44(17)41(14,15)25-28)21-26-19-30(36(2,3)4)33(45)31(20-26)37(5,6)7/h19-20,27-29,32,45H,18,21-25H2,1-17H3,(H,46,47)(H,48,49)/p-2. The Morgan fingerprint density at radius 1 is 0.755 bits per heavy atom. The van der Waals surface area contributed by atoms with Gasteiger partial charge in [-0.3, -0.25) is 9.80 Å². The number of nitrogens with zero attached hydrogens (tertiary/aromatic N) is 2. The molecule has 0 aromatic heterocycles. The van der Waals surface area contributed by atoms with Crippen LogP contribution in [0.4, 0.5) is 0 Å². The van der Waals surface area contributed by atoms with Crippen molar-refractivity contribution in [3.05, 3.63) is 28.8 Å². The Morgan fingerprint density at radius 2 is 1.10 bits per heavy atom. The lowest BCUT2D eigenvalue weighted by Crippen LogP contribution is -2.67. The molecule has 7 heteroatoms. The van der Waals surface area contributed by atoms with Gasteiger partial charge in [0.1, 0.15) is 5.75 Å². The summed E-state index contributed by atoms with van der Waals surface area (Å²) >= 11 is 0. The van der Waals surface area contributed by atoms with Crippen LogP contribution in [0.3, 0.4) is 0 Å². The largest absolute Gasteiger partial charge is 0.549 e. The fraction of sp³-hybridized carbons (Fsp3) is 0.810. The molecule has 280 valence electrons. The van der Waals surface area contributed by atoms with E-state index in [0.717, 1.165) is 29.5 Å². The molecule has 2 atom stereocenters. The van der Waals surface area contributed by atoms with Crippen molar-refractivity contribution in [3.8, 4) is 5.75 Å². The van der Waals surface area contributed by atoms with E-state index >= 15 is 0 Å². The number of carboxylic acid groups (broad SMARTS) is 2. The number of aliphatic carboxylic acids is 2. The summed E-state index contributed by atoms with van der Waals surface area (Å²) in [6.07, 6.45) is 3.76. The van der Waals surface area contributed by atoms with E-state index in [9.17, 15) is 24.9 Å². The van der Waals surface area contributed by atoms with Crippen molar-refractivity contribution < 1.29 is 24.9 Å². The second kappa shape index (κ2) is 13.1. The average molecular weight is 683 g/mol. The molecule has 1 aromatic carbocycles. The first-order chi connectivity index (χ1) is 21.9. The van der Waals surface area contributed by atoms with E-state index in [4.69, 9.17) is 0 Å². The normalized spacial score (nSPS) is 24.0. The number of phenolic OH excluding ortho intramolecular Hbond substituents is 1. The quantitative estimate of drug-likeness (QED) is 0.298. The Hall–Kier alpha value is -2.12. The number of piperidine rings is 2. The number of aromatic hydroxyl groups is 1. The number of likely N-dealkylation sites (tertiary alicyclic amines) is 2. The third-order valence-corrected chi connectivity index (χ3v) is 13.4. The minimum Gasteiger partial charge on any atom is -0.549 e. The van der Waals surface area contributed by atoms with E-state index in [2.05, 4.69) is 128 Å². The van der Waals surface area contributed by atoms with Crippen LogP contribution >= 0.6 is 0 Å². The van der Waals surface area contributed by atoms with Crippen LogP contribution in [0, 0.1) is 29.1 Å². The molecule has 2 aliphatic rings. The number of benzene rings is 1. The molecule has 1 N–H and O–H groups in total. The lowest BCUT2D eigenvalue weighted by atomic mass is 9.47. The van der Waals surface area contributed by atoms with Gasteiger partial charge in [0, 0.05) is 28.1 Å². The number of phenols is 1. The monoisotopic (exact) mass is 683 g/mol. The molecule has 0 spiro atoms. The number of hydrogen-bond acceptors (Lipinski definition) is 7. The molecule has 1 aromatic rings. The molecule has 2 unspecified atom stereocenters. The smallest absolute Gasteiger partial charge is 0.123 e. The van der Waals surface area contributed by atoms with Crippen LogP contribution in [0.15, 0.2) is 12.1 Å². The maximum Gasteiger partial charge on any atom is 0.123 e. The molecule has 2 heterocycles. The van der Waals surface area contributed by atoms with E-state index in [0.29, 0.717) is 19.3 Å². The van der Waals surface area contributed by atoms with E-state index < -0.39 is 34.1 Å². The Labute approximate surface area is 299 Å². The maximum atomic E-state index is 13.5. The van der Waals surface area contributed by atoms with Gasteiger partial charge in [0.25, 0.3) is 0 Å². The Balaban J connectivity index is 2.55. The van der Waals surface area contributed by atoms with Crippen molar-refractivity contribution in [2.24, 2.45) is 29.1 Å². The summed E-state index contributed by atoms with van der Waals surface area (Å²) in [6.45, 7) is 32.3. The Bertz CT molecular complexity index is 1310. The van der Waals surface area contributed by atoms with Gasteiger partial charge in [-0.1, -0.05) is 67.0 Å². The minimum absolute atomic E-state index is 0.0552. The molecule has 2 aliphatic heterocycles. The molecule has 2 fully saturated rings. The van der Waals surface area contributed by atoms with Crippen LogP contribution in [-0.2, 0) is 26.8 Å². The van der Waals surface area contributed by atoms with Gasteiger partial charge < -0.3 is 24.9 Å². The molecule has 3 rings (SSSR count). The molecule has 0 radical (unpaired) electrons. The summed E-state index contributed by atoms with van der Waals surface area (Å²) < 4.78 is 0. The van der Waals surface area contributed by atoms with E-state index in [1.807, 2.05) is 12.1 Å². The van der Waals surface area contributed by atoms with Gasteiger partial charge in [0.2, 0.25) is 0 Å². The predicted molar refractivity (Wildman–Crippen MR) is 196 cm³/mol. The number of carbonyl (C=O) groups excluding carboxylic acids is 2. The summed E-state index contributed by atoms with van der Waals surface area (Å²) in [7, 11) is 4.29. The third kappa shape index (κ3) is 7.73. The summed E-state index contributed by atoms with van der Waals surface area (Å²) in [5.74, 6) is -5.18. The molecular weight excluding hydrogens is 612 g/mol. The molecule has 0 bridgehead atoms. The number of rotatable bonds is 9. The van der Waals surface area contributed by atoms with Gasteiger partial charge in [-0.25, -0.2) is 0 Å². The summed E-state index contributed by atoms with van der Waals surface area (Å²) in [4.78, 5) is 31.9. The van der Waals surface area contributed by atoms with E-state index in [-0.39, 0.29) is 52.1 Å². The molecule has 2 saturated heterocycles. The van der Waals surface area contributed by atoms with Crippen LogP contribution in [-0.4, -0.2) is 63.1 Å². The maximum absolute atomic E-state index is 13.5.